The Hall–Kier alpha value is -2.56. The number of nitrogens with one attached hydrogen (secondary N) is 1. The highest BCUT2D eigenvalue weighted by molar-refractivity contribution is 5.83. The Labute approximate surface area is 172 Å². The quantitative estimate of drug-likeness (QED) is 0.627. The van der Waals surface area contributed by atoms with Crippen LogP contribution in [-0.2, 0) is 4.79 Å². The fraction of sp³-hybridized carbons (Fsp3) is 0.458. The van der Waals surface area contributed by atoms with E-state index in [1.807, 2.05) is 32.0 Å². The van der Waals surface area contributed by atoms with E-state index in [2.05, 4.69) is 19.2 Å². The van der Waals surface area contributed by atoms with E-state index < -0.39 is 0 Å². The maximum atomic E-state index is 13.1. The van der Waals surface area contributed by atoms with Gasteiger partial charge in [0, 0.05) is 5.92 Å². The first-order valence-corrected chi connectivity index (χ1v) is 10.4. The van der Waals surface area contributed by atoms with Crippen LogP contribution in [0.15, 0.2) is 42.5 Å². The molecule has 0 spiro atoms. The van der Waals surface area contributed by atoms with Crippen LogP contribution >= 0.6 is 0 Å². The van der Waals surface area contributed by atoms with Gasteiger partial charge in [0.05, 0.1) is 19.3 Å². The SMILES string of the molecule is CCOc1ccc(C(NC(=O)C2CC2c2ccc(F)cc2)C(C)C)cc1OCC. The van der Waals surface area contributed by atoms with Crippen molar-refractivity contribution < 1.29 is 18.7 Å². The molecule has 2 aromatic rings. The molecule has 3 rings (SSSR count). The smallest absolute Gasteiger partial charge is 0.224 e. The van der Waals surface area contributed by atoms with Gasteiger partial charge in [-0.2, -0.15) is 0 Å². The molecule has 1 aliphatic carbocycles. The zero-order chi connectivity index (χ0) is 21.0. The Kier molecular flexibility index (Phi) is 6.78. The Bertz CT molecular complexity index is 835. The molecule has 3 unspecified atom stereocenters. The summed E-state index contributed by atoms with van der Waals surface area (Å²) in [7, 11) is 0. The molecule has 1 fully saturated rings. The number of amides is 1. The van der Waals surface area contributed by atoms with Crippen LogP contribution in [0.4, 0.5) is 4.39 Å². The van der Waals surface area contributed by atoms with Crippen molar-refractivity contribution in [1.29, 1.82) is 0 Å². The van der Waals surface area contributed by atoms with Crippen molar-refractivity contribution in [3.8, 4) is 11.5 Å². The first-order chi connectivity index (χ1) is 13.9. The summed E-state index contributed by atoms with van der Waals surface area (Å²) in [6, 6.07) is 12.2. The van der Waals surface area contributed by atoms with Gasteiger partial charge in [0.15, 0.2) is 11.5 Å². The molecule has 0 saturated heterocycles. The average Bonchev–Trinajstić information content (AvgIpc) is 3.49. The fourth-order valence-electron chi connectivity index (χ4n) is 3.72. The van der Waals surface area contributed by atoms with Crippen molar-refractivity contribution in [3.05, 3.63) is 59.4 Å². The zero-order valence-electron chi connectivity index (χ0n) is 17.6. The van der Waals surface area contributed by atoms with Crippen molar-refractivity contribution in [1.82, 2.24) is 5.32 Å². The topological polar surface area (TPSA) is 47.6 Å². The number of rotatable bonds is 9. The molecule has 4 nitrogen and oxygen atoms in total. The van der Waals surface area contributed by atoms with E-state index in [0.29, 0.717) is 24.7 Å². The Balaban J connectivity index is 1.72. The number of halogens is 1. The van der Waals surface area contributed by atoms with Crippen molar-refractivity contribution in [2.24, 2.45) is 11.8 Å². The van der Waals surface area contributed by atoms with Crippen LogP contribution < -0.4 is 14.8 Å². The monoisotopic (exact) mass is 399 g/mol. The van der Waals surface area contributed by atoms with E-state index >= 15 is 0 Å². The van der Waals surface area contributed by atoms with Crippen LogP contribution in [0.3, 0.4) is 0 Å². The Morgan fingerprint density at radius 2 is 1.72 bits per heavy atom. The van der Waals surface area contributed by atoms with Gasteiger partial charge >= 0.3 is 0 Å². The summed E-state index contributed by atoms with van der Waals surface area (Å²) in [6.45, 7) is 9.17. The summed E-state index contributed by atoms with van der Waals surface area (Å²) in [4.78, 5) is 12.9. The molecule has 1 saturated carbocycles. The molecule has 0 aromatic heterocycles. The first kappa shape index (κ1) is 21.2. The van der Waals surface area contributed by atoms with Gasteiger partial charge in [-0.15, -0.1) is 0 Å². The maximum Gasteiger partial charge on any atom is 0.224 e. The number of ether oxygens (including phenoxy) is 2. The average molecular weight is 400 g/mol. The molecule has 3 atom stereocenters. The lowest BCUT2D eigenvalue weighted by atomic mass is 9.95. The summed E-state index contributed by atoms with van der Waals surface area (Å²) >= 11 is 0. The molecule has 5 heteroatoms. The number of carbonyl (C=O) groups is 1. The summed E-state index contributed by atoms with van der Waals surface area (Å²) in [6.07, 6.45) is 0.801. The third-order valence-electron chi connectivity index (χ3n) is 5.32. The maximum absolute atomic E-state index is 13.1. The largest absolute Gasteiger partial charge is 0.490 e. The minimum absolute atomic E-state index is 0.0462. The highest BCUT2D eigenvalue weighted by atomic mass is 19.1. The van der Waals surface area contributed by atoms with Gasteiger partial charge in [-0.05, 0) is 67.5 Å². The first-order valence-electron chi connectivity index (χ1n) is 10.4. The van der Waals surface area contributed by atoms with Crippen LogP contribution in [0.25, 0.3) is 0 Å². The third-order valence-corrected chi connectivity index (χ3v) is 5.32. The van der Waals surface area contributed by atoms with Crippen LogP contribution in [0.5, 0.6) is 11.5 Å². The summed E-state index contributed by atoms with van der Waals surface area (Å²) in [5.41, 5.74) is 2.02. The van der Waals surface area contributed by atoms with E-state index in [-0.39, 0.29) is 35.5 Å². The Morgan fingerprint density at radius 1 is 1.07 bits per heavy atom. The lowest BCUT2D eigenvalue weighted by Crippen LogP contribution is -2.33. The van der Waals surface area contributed by atoms with Gasteiger partial charge in [0.1, 0.15) is 5.82 Å². The van der Waals surface area contributed by atoms with E-state index in [0.717, 1.165) is 17.5 Å². The molecular weight excluding hydrogens is 369 g/mol. The van der Waals surface area contributed by atoms with Crippen molar-refractivity contribution >= 4 is 5.91 Å². The van der Waals surface area contributed by atoms with Gasteiger partial charge in [-0.3, -0.25) is 4.79 Å². The molecule has 2 aromatic carbocycles. The second kappa shape index (κ2) is 9.29. The van der Waals surface area contributed by atoms with Crippen LogP contribution in [-0.4, -0.2) is 19.1 Å². The van der Waals surface area contributed by atoms with Crippen molar-refractivity contribution in [3.63, 3.8) is 0 Å². The number of carbonyl (C=O) groups excluding carboxylic acids is 1. The minimum atomic E-state index is -0.254. The molecule has 1 N–H and O–H groups in total. The number of hydrogen-bond donors (Lipinski definition) is 1. The van der Waals surface area contributed by atoms with Gasteiger partial charge in [0.2, 0.25) is 5.91 Å². The predicted octanol–water partition coefficient (Wildman–Crippen LogP) is 5.24. The number of benzene rings is 2. The van der Waals surface area contributed by atoms with Gasteiger partial charge in [-0.25, -0.2) is 4.39 Å². The van der Waals surface area contributed by atoms with Gasteiger partial charge in [-0.1, -0.05) is 32.0 Å². The van der Waals surface area contributed by atoms with E-state index in [1.165, 1.54) is 12.1 Å². The predicted molar refractivity (Wildman–Crippen MR) is 112 cm³/mol. The molecule has 29 heavy (non-hydrogen) atoms. The molecule has 156 valence electrons. The fourth-order valence-corrected chi connectivity index (χ4v) is 3.72. The van der Waals surface area contributed by atoms with E-state index in [1.54, 1.807) is 12.1 Å². The molecule has 0 heterocycles. The Morgan fingerprint density at radius 3 is 2.34 bits per heavy atom. The normalized spacial score (nSPS) is 19.0. The molecular formula is C24H30FNO3. The van der Waals surface area contributed by atoms with Gasteiger partial charge < -0.3 is 14.8 Å². The van der Waals surface area contributed by atoms with Crippen LogP contribution in [0.2, 0.25) is 0 Å². The molecule has 0 radical (unpaired) electrons. The standard InChI is InChI=1S/C24H30FNO3/c1-5-28-21-12-9-17(13-22(21)29-6-2)23(15(3)4)26-24(27)20-14-19(20)16-7-10-18(25)11-8-16/h7-13,15,19-20,23H,5-6,14H2,1-4H3,(H,26,27). The van der Waals surface area contributed by atoms with E-state index in [4.69, 9.17) is 9.47 Å². The second-order valence-corrected chi connectivity index (χ2v) is 7.80. The summed E-state index contributed by atoms with van der Waals surface area (Å²) in [5.74, 6) is 1.53. The van der Waals surface area contributed by atoms with Crippen molar-refractivity contribution in [2.75, 3.05) is 13.2 Å². The zero-order valence-corrected chi connectivity index (χ0v) is 17.6. The molecule has 0 bridgehead atoms. The molecule has 1 aliphatic rings. The minimum Gasteiger partial charge on any atom is -0.490 e. The van der Waals surface area contributed by atoms with Crippen molar-refractivity contribution in [2.45, 2.75) is 46.1 Å². The number of hydrogen-bond acceptors (Lipinski definition) is 3. The highest BCUT2D eigenvalue weighted by Gasteiger charge is 2.44. The molecule has 0 aliphatic heterocycles. The summed E-state index contributed by atoms with van der Waals surface area (Å²) in [5, 5.41) is 3.22. The van der Waals surface area contributed by atoms with Crippen LogP contribution in [0, 0.1) is 17.7 Å². The second-order valence-electron chi connectivity index (χ2n) is 7.80. The highest BCUT2D eigenvalue weighted by Crippen LogP contribution is 2.48. The lowest BCUT2D eigenvalue weighted by molar-refractivity contribution is -0.123. The van der Waals surface area contributed by atoms with Gasteiger partial charge in [0.25, 0.3) is 0 Å². The molecule has 1 amide bonds. The third kappa shape index (κ3) is 5.08. The van der Waals surface area contributed by atoms with Crippen LogP contribution in [0.1, 0.15) is 57.2 Å². The summed E-state index contributed by atoms with van der Waals surface area (Å²) < 4.78 is 24.5. The lowest BCUT2D eigenvalue weighted by Gasteiger charge is -2.24. The van der Waals surface area contributed by atoms with E-state index in [9.17, 15) is 9.18 Å².